The van der Waals surface area contributed by atoms with Gasteiger partial charge in [-0.3, -0.25) is 9.36 Å². The Bertz CT molecular complexity index is 518. The number of nitrogens with one attached hydrogen (secondary N) is 1. The summed E-state index contributed by atoms with van der Waals surface area (Å²) in [6.45, 7) is 4.50. The molecule has 1 atom stereocenters. The fraction of sp³-hybridized carbons (Fsp3) is 0.727. The third-order valence-electron chi connectivity index (χ3n) is 2.79. The van der Waals surface area contributed by atoms with Crippen molar-refractivity contribution >= 4 is 5.82 Å². The van der Waals surface area contributed by atoms with E-state index in [-0.39, 0.29) is 17.8 Å². The third kappa shape index (κ3) is 2.98. The molecule has 0 aliphatic rings. The van der Waals surface area contributed by atoms with E-state index in [1.165, 1.54) is 14.1 Å². The van der Waals surface area contributed by atoms with Crippen LogP contribution in [0.2, 0.25) is 0 Å². The second-order valence-corrected chi connectivity index (χ2v) is 4.57. The molecule has 7 heteroatoms. The van der Waals surface area contributed by atoms with E-state index in [9.17, 15) is 9.59 Å². The van der Waals surface area contributed by atoms with Crippen LogP contribution in [0.1, 0.15) is 13.8 Å². The Balaban J connectivity index is 3.11. The summed E-state index contributed by atoms with van der Waals surface area (Å²) in [5.74, 6) is 0.434. The summed E-state index contributed by atoms with van der Waals surface area (Å²) in [5, 5.41) is 6.97. The van der Waals surface area contributed by atoms with Gasteiger partial charge in [-0.05, 0) is 5.92 Å². The molecule has 0 aliphatic carbocycles. The van der Waals surface area contributed by atoms with Gasteiger partial charge in [0.05, 0.1) is 12.6 Å². The van der Waals surface area contributed by atoms with E-state index in [0.717, 1.165) is 9.25 Å². The molecule has 0 aliphatic heterocycles. The summed E-state index contributed by atoms with van der Waals surface area (Å²) < 4.78 is 7.25. The maximum Gasteiger partial charge on any atom is 0.346 e. The number of aromatic nitrogens is 3. The molecule has 0 saturated carbocycles. The van der Waals surface area contributed by atoms with Crippen molar-refractivity contribution in [3.05, 3.63) is 20.8 Å². The molecule has 0 aromatic carbocycles. The number of hydrogen-bond donors (Lipinski definition) is 1. The molecule has 0 radical (unpaired) electrons. The second-order valence-electron chi connectivity index (χ2n) is 4.57. The summed E-state index contributed by atoms with van der Waals surface area (Å²) in [6.07, 6.45) is 0. The summed E-state index contributed by atoms with van der Waals surface area (Å²) >= 11 is 0. The maximum absolute atomic E-state index is 11.9. The molecule has 0 bridgehead atoms. The van der Waals surface area contributed by atoms with E-state index in [4.69, 9.17) is 4.74 Å². The molecule has 1 N–H and O–H groups in total. The maximum atomic E-state index is 11.9. The van der Waals surface area contributed by atoms with E-state index in [2.05, 4.69) is 10.4 Å². The van der Waals surface area contributed by atoms with Crippen molar-refractivity contribution in [2.75, 3.05) is 19.0 Å². The number of anilines is 1. The van der Waals surface area contributed by atoms with Gasteiger partial charge in [-0.25, -0.2) is 9.48 Å². The van der Waals surface area contributed by atoms with Gasteiger partial charge in [0, 0.05) is 21.2 Å². The zero-order valence-corrected chi connectivity index (χ0v) is 11.4. The lowest BCUT2D eigenvalue weighted by atomic mass is 10.1. The third-order valence-corrected chi connectivity index (χ3v) is 2.79. The van der Waals surface area contributed by atoms with Gasteiger partial charge in [-0.2, -0.15) is 0 Å². The van der Waals surface area contributed by atoms with E-state index in [0.29, 0.717) is 6.61 Å². The Morgan fingerprint density at radius 1 is 1.33 bits per heavy atom. The van der Waals surface area contributed by atoms with Gasteiger partial charge in [0.15, 0.2) is 0 Å². The Hall–Kier alpha value is -1.63. The highest BCUT2D eigenvalue weighted by Gasteiger charge is 2.17. The van der Waals surface area contributed by atoms with Gasteiger partial charge in [-0.15, -0.1) is 5.10 Å². The number of hydrogen-bond acceptors (Lipinski definition) is 5. The predicted octanol–water partition coefficient (Wildman–Crippen LogP) is -0.438. The Labute approximate surface area is 105 Å². The molecular weight excluding hydrogens is 236 g/mol. The van der Waals surface area contributed by atoms with Gasteiger partial charge in [0.2, 0.25) is 5.82 Å². The topological polar surface area (TPSA) is 78.2 Å². The van der Waals surface area contributed by atoms with Crippen LogP contribution in [0.15, 0.2) is 9.59 Å². The number of ether oxygens (including phenoxy) is 1. The molecule has 18 heavy (non-hydrogen) atoms. The molecule has 1 aromatic heterocycles. The van der Waals surface area contributed by atoms with Crippen LogP contribution in [0.3, 0.4) is 0 Å². The van der Waals surface area contributed by atoms with Gasteiger partial charge >= 0.3 is 5.69 Å². The van der Waals surface area contributed by atoms with Crippen LogP contribution < -0.4 is 16.6 Å². The number of nitrogens with zero attached hydrogens (tertiary/aromatic N) is 3. The Kier molecular flexibility index (Phi) is 4.66. The first-order valence-electron chi connectivity index (χ1n) is 5.78. The lowest BCUT2D eigenvalue weighted by Crippen LogP contribution is -2.42. The highest BCUT2D eigenvalue weighted by atomic mass is 16.5. The van der Waals surface area contributed by atoms with Crippen LogP contribution in [0, 0.1) is 5.92 Å². The van der Waals surface area contributed by atoms with Crippen LogP contribution in [0.4, 0.5) is 5.82 Å². The van der Waals surface area contributed by atoms with Crippen molar-refractivity contribution in [3.8, 4) is 0 Å². The van der Waals surface area contributed by atoms with E-state index < -0.39 is 11.2 Å². The fourth-order valence-corrected chi connectivity index (χ4v) is 1.54. The summed E-state index contributed by atoms with van der Waals surface area (Å²) in [4.78, 5) is 23.4. The summed E-state index contributed by atoms with van der Waals surface area (Å²) in [6, 6.07) is -0.0345. The molecule has 0 fully saturated rings. The van der Waals surface area contributed by atoms with Crippen LogP contribution in [0.25, 0.3) is 0 Å². The van der Waals surface area contributed by atoms with Crippen LogP contribution in [-0.4, -0.2) is 34.1 Å². The van der Waals surface area contributed by atoms with Crippen molar-refractivity contribution in [3.63, 3.8) is 0 Å². The number of aryl methyl sites for hydroxylation is 1. The summed E-state index contributed by atoms with van der Waals surface area (Å²) in [7, 11) is 4.54. The fourth-order valence-electron chi connectivity index (χ4n) is 1.54. The molecule has 1 aromatic rings. The minimum Gasteiger partial charge on any atom is -0.383 e. The first-order chi connectivity index (χ1) is 8.38. The van der Waals surface area contributed by atoms with Crippen molar-refractivity contribution < 1.29 is 4.74 Å². The van der Waals surface area contributed by atoms with Crippen LogP contribution in [-0.2, 0) is 18.8 Å². The van der Waals surface area contributed by atoms with Gasteiger partial charge in [-0.1, -0.05) is 13.8 Å². The Morgan fingerprint density at radius 2 is 1.94 bits per heavy atom. The average Bonchev–Trinajstić information content (AvgIpc) is 2.32. The van der Waals surface area contributed by atoms with Crippen molar-refractivity contribution in [2.45, 2.75) is 19.9 Å². The van der Waals surface area contributed by atoms with Crippen molar-refractivity contribution in [1.82, 2.24) is 14.3 Å². The van der Waals surface area contributed by atoms with E-state index in [1.807, 2.05) is 13.8 Å². The zero-order valence-electron chi connectivity index (χ0n) is 11.4. The first kappa shape index (κ1) is 14.4. The van der Waals surface area contributed by atoms with Crippen LogP contribution in [0.5, 0.6) is 0 Å². The number of rotatable bonds is 5. The minimum atomic E-state index is -0.446. The van der Waals surface area contributed by atoms with E-state index >= 15 is 0 Å². The van der Waals surface area contributed by atoms with Crippen LogP contribution >= 0.6 is 0 Å². The molecule has 7 nitrogen and oxygen atoms in total. The van der Waals surface area contributed by atoms with Gasteiger partial charge in [0.1, 0.15) is 0 Å². The van der Waals surface area contributed by atoms with E-state index in [1.54, 1.807) is 7.11 Å². The van der Waals surface area contributed by atoms with Gasteiger partial charge in [0.25, 0.3) is 5.56 Å². The smallest absolute Gasteiger partial charge is 0.346 e. The largest absolute Gasteiger partial charge is 0.383 e. The first-order valence-corrected chi connectivity index (χ1v) is 5.78. The predicted molar refractivity (Wildman–Crippen MR) is 68.8 cm³/mol. The number of methoxy groups -OCH3 is 1. The lowest BCUT2D eigenvalue weighted by Gasteiger charge is -2.21. The highest BCUT2D eigenvalue weighted by Crippen LogP contribution is 2.06. The molecule has 0 amide bonds. The SMILES string of the molecule is COCC(Nc1nn(C)c(=O)n(C)c1=O)C(C)C. The Morgan fingerprint density at radius 3 is 2.44 bits per heavy atom. The van der Waals surface area contributed by atoms with Crippen molar-refractivity contribution in [1.29, 1.82) is 0 Å². The molecule has 1 rings (SSSR count). The van der Waals surface area contributed by atoms with Crippen molar-refractivity contribution in [2.24, 2.45) is 20.0 Å². The molecule has 102 valence electrons. The second kappa shape index (κ2) is 5.81. The standard InChI is InChI=1S/C11H20N4O3/c1-7(2)8(6-18-5)12-9-10(16)14(3)11(17)15(4)13-9/h7-8H,6H2,1-5H3,(H,12,13). The highest BCUT2D eigenvalue weighted by molar-refractivity contribution is 5.31. The zero-order chi connectivity index (χ0) is 13.9. The molecule has 1 heterocycles. The lowest BCUT2D eigenvalue weighted by molar-refractivity contribution is 0.171. The molecule has 0 spiro atoms. The van der Waals surface area contributed by atoms with Gasteiger partial charge < -0.3 is 10.1 Å². The molecule has 0 saturated heterocycles. The average molecular weight is 256 g/mol. The molecular formula is C11H20N4O3. The normalized spacial score (nSPS) is 12.8. The summed E-state index contributed by atoms with van der Waals surface area (Å²) in [5.41, 5.74) is -0.877. The monoisotopic (exact) mass is 256 g/mol. The quantitative estimate of drug-likeness (QED) is 0.773. The minimum absolute atomic E-state index is 0.0345. The molecule has 1 unspecified atom stereocenters.